The van der Waals surface area contributed by atoms with Crippen LogP contribution in [0.2, 0.25) is 0 Å². The molecular formula is C14H12N4O2S2. The zero-order chi connectivity index (χ0) is 15.4. The number of nitrogens with zero attached hydrogens (tertiary/aromatic N) is 2. The van der Waals surface area contributed by atoms with E-state index in [2.05, 4.69) is 15.3 Å². The molecule has 0 spiro atoms. The number of ether oxygens (including phenoxy) is 1. The molecule has 6 nitrogen and oxygen atoms in total. The van der Waals surface area contributed by atoms with E-state index in [4.69, 9.17) is 10.5 Å². The molecule has 0 aliphatic heterocycles. The van der Waals surface area contributed by atoms with Crippen LogP contribution in [0.1, 0.15) is 0 Å². The van der Waals surface area contributed by atoms with Gasteiger partial charge >= 0.3 is 0 Å². The van der Waals surface area contributed by atoms with Crippen molar-refractivity contribution < 1.29 is 9.53 Å². The standard InChI is InChI=1S/C14H12N4O2S2/c15-13-17-10(8-22-13)9-3-1-2-4-11(9)20-7-12(19)18-14-16-5-6-21-14/h1-6,8H,7H2,(H2,15,17)(H,16,18,19). The number of nitrogens with two attached hydrogens (primary N) is 1. The van der Waals surface area contributed by atoms with Gasteiger partial charge in [-0.1, -0.05) is 12.1 Å². The smallest absolute Gasteiger partial charge is 0.264 e. The summed E-state index contributed by atoms with van der Waals surface area (Å²) in [7, 11) is 0. The monoisotopic (exact) mass is 332 g/mol. The molecule has 3 N–H and O–H groups in total. The van der Waals surface area contributed by atoms with Gasteiger partial charge in [-0.05, 0) is 12.1 Å². The molecule has 0 aliphatic rings. The third kappa shape index (κ3) is 3.41. The van der Waals surface area contributed by atoms with E-state index < -0.39 is 0 Å². The van der Waals surface area contributed by atoms with Gasteiger partial charge in [0.2, 0.25) is 0 Å². The molecule has 0 unspecified atom stereocenters. The number of hydrogen-bond donors (Lipinski definition) is 2. The predicted octanol–water partition coefficient (Wildman–Crippen LogP) is 2.87. The predicted molar refractivity (Wildman–Crippen MR) is 88.2 cm³/mol. The third-order valence-corrected chi connectivity index (χ3v) is 4.08. The Balaban J connectivity index is 1.69. The van der Waals surface area contributed by atoms with Crippen molar-refractivity contribution in [2.75, 3.05) is 17.7 Å². The van der Waals surface area contributed by atoms with E-state index >= 15 is 0 Å². The molecule has 3 rings (SSSR count). The van der Waals surface area contributed by atoms with Gasteiger partial charge in [0, 0.05) is 22.5 Å². The van der Waals surface area contributed by atoms with Gasteiger partial charge in [-0.15, -0.1) is 22.7 Å². The first-order chi connectivity index (χ1) is 10.7. The van der Waals surface area contributed by atoms with Crippen molar-refractivity contribution in [3.8, 4) is 17.0 Å². The van der Waals surface area contributed by atoms with Crippen LogP contribution >= 0.6 is 22.7 Å². The SMILES string of the molecule is Nc1nc(-c2ccccc2OCC(=O)Nc2nccs2)cs1. The highest BCUT2D eigenvalue weighted by Crippen LogP contribution is 2.31. The van der Waals surface area contributed by atoms with E-state index in [0.717, 1.165) is 11.3 Å². The van der Waals surface area contributed by atoms with Gasteiger partial charge in [0.25, 0.3) is 5.91 Å². The zero-order valence-corrected chi connectivity index (χ0v) is 13.0. The van der Waals surface area contributed by atoms with Crippen molar-refractivity contribution in [1.29, 1.82) is 0 Å². The molecule has 2 aromatic heterocycles. The topological polar surface area (TPSA) is 90.1 Å². The molecule has 0 saturated carbocycles. The van der Waals surface area contributed by atoms with Crippen molar-refractivity contribution in [1.82, 2.24) is 9.97 Å². The lowest BCUT2D eigenvalue weighted by atomic mass is 10.1. The number of thiazole rings is 2. The van der Waals surface area contributed by atoms with Crippen molar-refractivity contribution in [3.05, 3.63) is 41.2 Å². The van der Waals surface area contributed by atoms with E-state index in [0.29, 0.717) is 16.0 Å². The van der Waals surface area contributed by atoms with Crippen LogP contribution in [0.3, 0.4) is 0 Å². The fraction of sp³-hybridized carbons (Fsp3) is 0.0714. The minimum Gasteiger partial charge on any atom is -0.483 e. The maximum Gasteiger partial charge on any atom is 0.264 e. The highest BCUT2D eigenvalue weighted by molar-refractivity contribution is 7.14. The molecule has 1 amide bonds. The van der Waals surface area contributed by atoms with Crippen LogP contribution in [0.5, 0.6) is 5.75 Å². The van der Waals surface area contributed by atoms with Crippen molar-refractivity contribution >= 4 is 38.8 Å². The lowest BCUT2D eigenvalue weighted by molar-refractivity contribution is -0.118. The summed E-state index contributed by atoms with van der Waals surface area (Å²) >= 11 is 2.71. The first-order valence-corrected chi connectivity index (χ1v) is 8.11. The number of anilines is 2. The van der Waals surface area contributed by atoms with E-state index in [-0.39, 0.29) is 12.5 Å². The lowest BCUT2D eigenvalue weighted by Gasteiger charge is -2.09. The van der Waals surface area contributed by atoms with Crippen LogP contribution in [-0.2, 0) is 4.79 Å². The Bertz CT molecular complexity index is 771. The number of carbonyl (C=O) groups excluding carboxylic acids is 1. The largest absolute Gasteiger partial charge is 0.483 e. The molecule has 0 radical (unpaired) electrons. The number of nitrogens with one attached hydrogen (secondary N) is 1. The number of benzene rings is 1. The highest BCUT2D eigenvalue weighted by atomic mass is 32.1. The first kappa shape index (κ1) is 14.5. The molecule has 0 atom stereocenters. The molecule has 3 aromatic rings. The average Bonchev–Trinajstić information content (AvgIpc) is 3.17. The van der Waals surface area contributed by atoms with Crippen molar-refractivity contribution in [2.24, 2.45) is 0 Å². The van der Waals surface area contributed by atoms with Crippen LogP contribution in [-0.4, -0.2) is 22.5 Å². The van der Waals surface area contributed by atoms with E-state index in [9.17, 15) is 4.79 Å². The molecule has 0 saturated heterocycles. The first-order valence-electron chi connectivity index (χ1n) is 6.35. The third-order valence-electron chi connectivity index (χ3n) is 2.72. The number of carbonyl (C=O) groups is 1. The van der Waals surface area contributed by atoms with Gasteiger partial charge in [0.15, 0.2) is 16.9 Å². The molecular weight excluding hydrogens is 320 g/mol. The summed E-state index contributed by atoms with van der Waals surface area (Å²) < 4.78 is 5.60. The number of para-hydroxylation sites is 1. The van der Waals surface area contributed by atoms with E-state index in [1.54, 1.807) is 17.6 Å². The van der Waals surface area contributed by atoms with Gasteiger partial charge in [0.05, 0.1) is 5.69 Å². The molecule has 0 aliphatic carbocycles. The Morgan fingerprint density at radius 1 is 1.32 bits per heavy atom. The van der Waals surface area contributed by atoms with Crippen LogP contribution in [0.4, 0.5) is 10.3 Å². The fourth-order valence-electron chi connectivity index (χ4n) is 1.80. The van der Waals surface area contributed by atoms with Crippen molar-refractivity contribution in [3.63, 3.8) is 0 Å². The number of aromatic nitrogens is 2. The van der Waals surface area contributed by atoms with Gasteiger partial charge < -0.3 is 10.5 Å². The maximum atomic E-state index is 11.8. The molecule has 22 heavy (non-hydrogen) atoms. The Kier molecular flexibility index (Phi) is 4.31. The summed E-state index contributed by atoms with van der Waals surface area (Å²) in [4.78, 5) is 20.1. The number of rotatable bonds is 5. The molecule has 2 heterocycles. The van der Waals surface area contributed by atoms with E-state index in [1.165, 1.54) is 22.7 Å². The maximum absolute atomic E-state index is 11.8. The van der Waals surface area contributed by atoms with Crippen LogP contribution in [0.25, 0.3) is 11.3 Å². The Labute approximate surface area is 134 Å². The van der Waals surface area contributed by atoms with Crippen molar-refractivity contribution in [2.45, 2.75) is 0 Å². The zero-order valence-electron chi connectivity index (χ0n) is 11.4. The van der Waals surface area contributed by atoms with Gasteiger partial charge in [-0.3, -0.25) is 10.1 Å². The van der Waals surface area contributed by atoms with Gasteiger partial charge in [-0.25, -0.2) is 9.97 Å². The Morgan fingerprint density at radius 3 is 2.91 bits per heavy atom. The summed E-state index contributed by atoms with van der Waals surface area (Å²) in [6.07, 6.45) is 1.63. The van der Waals surface area contributed by atoms with Crippen LogP contribution in [0.15, 0.2) is 41.2 Å². The normalized spacial score (nSPS) is 10.4. The second-order valence-electron chi connectivity index (χ2n) is 4.24. The Morgan fingerprint density at radius 2 is 2.18 bits per heavy atom. The number of amides is 1. The summed E-state index contributed by atoms with van der Waals surface area (Å²) in [5.41, 5.74) is 7.20. The molecule has 1 aromatic carbocycles. The summed E-state index contributed by atoms with van der Waals surface area (Å²) in [5, 5.41) is 7.35. The van der Waals surface area contributed by atoms with E-state index in [1.807, 2.05) is 23.6 Å². The molecule has 112 valence electrons. The Hall–Kier alpha value is -2.45. The molecule has 0 fully saturated rings. The second kappa shape index (κ2) is 6.54. The van der Waals surface area contributed by atoms with Gasteiger partial charge in [0.1, 0.15) is 5.75 Å². The number of hydrogen-bond acceptors (Lipinski definition) is 7. The highest BCUT2D eigenvalue weighted by Gasteiger charge is 2.11. The summed E-state index contributed by atoms with van der Waals surface area (Å²) in [5.74, 6) is 0.324. The number of nitrogen functional groups attached to an aromatic ring is 1. The summed E-state index contributed by atoms with van der Waals surface area (Å²) in [6.45, 7) is -0.101. The lowest BCUT2D eigenvalue weighted by Crippen LogP contribution is -2.20. The second-order valence-corrected chi connectivity index (χ2v) is 6.03. The van der Waals surface area contributed by atoms with Gasteiger partial charge in [-0.2, -0.15) is 0 Å². The molecule has 8 heteroatoms. The minimum atomic E-state index is -0.262. The van der Waals surface area contributed by atoms with Crippen LogP contribution < -0.4 is 15.8 Å². The minimum absolute atomic E-state index is 0.101. The molecule has 0 bridgehead atoms. The van der Waals surface area contributed by atoms with Crippen LogP contribution in [0, 0.1) is 0 Å². The average molecular weight is 332 g/mol. The fourth-order valence-corrected chi connectivity index (χ4v) is 2.91. The summed E-state index contributed by atoms with van der Waals surface area (Å²) in [6, 6.07) is 7.39. The quantitative estimate of drug-likeness (QED) is 0.750.